The van der Waals surface area contributed by atoms with Crippen LogP contribution in [0.4, 0.5) is 0 Å². The molecule has 0 nitrogen and oxygen atoms in total. The Labute approximate surface area is 156 Å². The summed E-state index contributed by atoms with van der Waals surface area (Å²) in [5.41, 5.74) is 9.75. The number of aryl methyl sites for hydroxylation is 4. The van der Waals surface area contributed by atoms with Gasteiger partial charge in [-0.25, -0.2) is 0 Å². The minimum atomic E-state index is 1.08. The predicted octanol–water partition coefficient (Wildman–Crippen LogP) is 6.53. The van der Waals surface area contributed by atoms with E-state index in [1.165, 1.54) is 36.5 Å². The molecule has 0 saturated heterocycles. The molecule has 0 N–H and O–H groups in total. The lowest BCUT2D eigenvalue weighted by Gasteiger charge is -2.18. The van der Waals surface area contributed by atoms with Gasteiger partial charge in [-0.3, -0.25) is 0 Å². The number of fused-ring (bicyclic) bond motifs is 2. The Morgan fingerprint density at radius 3 is 2.07 bits per heavy atom. The Hall–Kier alpha value is -2.86. The molecule has 0 heterocycles. The average Bonchev–Trinajstić information content (AvgIpc) is 3.36. The Morgan fingerprint density at radius 2 is 1.19 bits per heavy atom. The lowest BCUT2D eigenvalue weighted by molar-refractivity contribution is 0.933. The van der Waals surface area contributed by atoms with E-state index in [4.69, 9.17) is 0 Å². The molecule has 3 aliphatic carbocycles. The molecule has 124 valence electrons. The highest BCUT2D eigenvalue weighted by Gasteiger charge is 2.34. The largest absolute Gasteiger partial charge is 0.0795 e. The maximum absolute atomic E-state index is 2.51. The zero-order valence-electron chi connectivity index (χ0n) is 15.0. The van der Waals surface area contributed by atoms with Crippen molar-refractivity contribution in [2.24, 2.45) is 0 Å². The second kappa shape index (κ2) is 3.60. The molecule has 0 atom stereocenters. The van der Waals surface area contributed by atoms with Crippen LogP contribution in [-0.2, 0) is 32.1 Å². The third kappa shape index (κ3) is 1.07. The van der Waals surface area contributed by atoms with Gasteiger partial charge in [0.15, 0.2) is 0 Å². The van der Waals surface area contributed by atoms with E-state index in [0.29, 0.717) is 0 Å². The van der Waals surface area contributed by atoms with Gasteiger partial charge in [0.25, 0.3) is 0 Å². The second-order valence-electron chi connectivity index (χ2n) is 9.04. The van der Waals surface area contributed by atoms with E-state index < -0.39 is 0 Å². The van der Waals surface area contributed by atoms with Gasteiger partial charge >= 0.3 is 0 Å². The molecule has 0 heteroatoms. The first-order valence-corrected chi connectivity index (χ1v) is 10.4. The van der Waals surface area contributed by atoms with Gasteiger partial charge in [0, 0.05) is 0 Å². The van der Waals surface area contributed by atoms with Gasteiger partial charge in [-0.1, -0.05) is 36.4 Å². The van der Waals surface area contributed by atoms with E-state index in [-0.39, 0.29) is 0 Å². The minimum absolute atomic E-state index is 1.08. The van der Waals surface area contributed by atoms with Crippen LogP contribution in [0, 0.1) is 0 Å². The molecule has 0 spiro atoms. The molecule has 9 rings (SSSR count). The summed E-state index contributed by atoms with van der Waals surface area (Å²) >= 11 is 0. The Morgan fingerprint density at radius 1 is 0.519 bits per heavy atom. The zero-order chi connectivity index (χ0) is 17.0. The van der Waals surface area contributed by atoms with Crippen molar-refractivity contribution >= 4 is 59.9 Å². The molecule has 0 unspecified atom stereocenters. The van der Waals surface area contributed by atoms with Crippen LogP contribution in [0.3, 0.4) is 0 Å². The molecule has 0 saturated carbocycles. The van der Waals surface area contributed by atoms with Crippen molar-refractivity contribution in [1.82, 2.24) is 0 Å². The molecular weight excluding hydrogens is 324 g/mol. The van der Waals surface area contributed by atoms with E-state index in [1.54, 1.807) is 76.5 Å². The van der Waals surface area contributed by atoms with Crippen LogP contribution >= 0.6 is 0 Å². The lowest BCUT2D eigenvalue weighted by atomic mass is 9.85. The van der Waals surface area contributed by atoms with Crippen LogP contribution < -0.4 is 0 Å². The highest BCUT2D eigenvalue weighted by molar-refractivity contribution is 6.44. The molecule has 0 bridgehead atoms. The summed E-state index contributed by atoms with van der Waals surface area (Å²) in [5, 5.41) is 15.8. The molecule has 3 aliphatic rings. The predicted molar refractivity (Wildman–Crippen MR) is 115 cm³/mol. The van der Waals surface area contributed by atoms with Crippen LogP contribution in [0.2, 0.25) is 0 Å². The van der Waals surface area contributed by atoms with E-state index in [2.05, 4.69) is 36.4 Å². The third-order valence-corrected chi connectivity index (χ3v) is 8.08. The fourth-order valence-corrected chi connectivity index (χ4v) is 7.27. The second-order valence-corrected chi connectivity index (χ2v) is 9.04. The Kier molecular flexibility index (Phi) is 1.67. The number of hydrogen-bond donors (Lipinski definition) is 0. The van der Waals surface area contributed by atoms with E-state index in [9.17, 15) is 0 Å². The smallest absolute Gasteiger partial charge is 0.000801 e. The van der Waals surface area contributed by atoms with E-state index in [1.807, 2.05) is 0 Å². The molecule has 27 heavy (non-hydrogen) atoms. The van der Waals surface area contributed by atoms with E-state index in [0.717, 1.165) is 6.42 Å². The summed E-state index contributed by atoms with van der Waals surface area (Å²) in [6.45, 7) is 0. The van der Waals surface area contributed by atoms with Crippen molar-refractivity contribution < 1.29 is 0 Å². The van der Waals surface area contributed by atoms with Crippen molar-refractivity contribution in [2.45, 2.75) is 32.1 Å². The number of hydrogen-bond acceptors (Lipinski definition) is 0. The van der Waals surface area contributed by atoms with Crippen LogP contribution in [0.25, 0.3) is 59.9 Å². The summed E-state index contributed by atoms with van der Waals surface area (Å²) in [7, 11) is 0. The van der Waals surface area contributed by atoms with Crippen LogP contribution in [-0.4, -0.2) is 0 Å². The number of benzene rings is 4. The maximum atomic E-state index is 2.51. The summed E-state index contributed by atoms with van der Waals surface area (Å²) in [6.07, 6.45) is 10.9. The molecule has 6 aromatic carbocycles. The van der Waals surface area contributed by atoms with Crippen molar-refractivity contribution in [2.75, 3.05) is 0 Å². The molecule has 0 aliphatic heterocycles. The van der Waals surface area contributed by atoms with Gasteiger partial charge in [0.2, 0.25) is 0 Å². The molecule has 0 fully saturated rings. The lowest BCUT2D eigenvalue weighted by Crippen LogP contribution is -2.00. The first-order valence-electron chi connectivity index (χ1n) is 10.4. The molecule has 6 aromatic rings. The van der Waals surface area contributed by atoms with Crippen LogP contribution in [0.1, 0.15) is 33.4 Å². The summed E-state index contributed by atoms with van der Waals surface area (Å²) in [5.74, 6) is 0. The highest BCUT2D eigenvalue weighted by Crippen LogP contribution is 2.56. The van der Waals surface area contributed by atoms with Crippen molar-refractivity contribution in [3.8, 4) is 0 Å². The molecule has 0 amide bonds. The first kappa shape index (κ1) is 12.5. The van der Waals surface area contributed by atoms with Gasteiger partial charge < -0.3 is 0 Å². The number of allylic oxidation sites excluding steroid dienone is 1. The average molecular weight is 340 g/mol. The van der Waals surface area contributed by atoms with Gasteiger partial charge in [-0.05, 0) is 119 Å². The van der Waals surface area contributed by atoms with Crippen molar-refractivity contribution in [3.05, 3.63) is 63.7 Å². The molecule has 0 aromatic heterocycles. The zero-order valence-corrected chi connectivity index (χ0v) is 15.0. The molecule has 0 radical (unpaired) electrons. The summed E-state index contributed by atoms with van der Waals surface area (Å²) in [4.78, 5) is 0. The van der Waals surface area contributed by atoms with Gasteiger partial charge in [-0.2, -0.15) is 0 Å². The standard InChI is InChI=1S/C27H16/c1-2-12-10-14-4-5-15-11-13-6-7-17-19-9-8-18-16(3-1)20(12)26-22(14)23(15)27(21(13)17)25(19)24(18)26/h1,3-5,10-11H,2,6-9H2. The normalized spacial score (nSPS) is 17.5. The SMILES string of the molecule is C1=Cc2c3c4c5c(c6c7c(cc8ccc9cc(c2c4c9c8c75)C1)CC6)CC3. The highest BCUT2D eigenvalue weighted by atomic mass is 14.4. The quantitative estimate of drug-likeness (QED) is 0.276. The fraction of sp³-hybridized carbons (Fsp3) is 0.185. The monoisotopic (exact) mass is 340 g/mol. The first-order chi connectivity index (χ1) is 13.4. The maximum Gasteiger partial charge on any atom is -0.000801 e. The van der Waals surface area contributed by atoms with Crippen molar-refractivity contribution in [3.63, 3.8) is 0 Å². The Bertz CT molecular complexity index is 1670. The Balaban J connectivity index is 1.82. The van der Waals surface area contributed by atoms with Gasteiger partial charge in [-0.15, -0.1) is 0 Å². The van der Waals surface area contributed by atoms with Crippen molar-refractivity contribution in [1.29, 1.82) is 0 Å². The van der Waals surface area contributed by atoms with Gasteiger partial charge in [0.1, 0.15) is 0 Å². The third-order valence-electron chi connectivity index (χ3n) is 8.08. The van der Waals surface area contributed by atoms with Crippen LogP contribution in [0.15, 0.2) is 30.3 Å². The summed E-state index contributed by atoms with van der Waals surface area (Å²) < 4.78 is 0. The van der Waals surface area contributed by atoms with E-state index >= 15 is 0 Å². The summed E-state index contributed by atoms with van der Waals surface area (Å²) in [6, 6.07) is 9.78. The minimum Gasteiger partial charge on any atom is -0.0795 e. The number of rotatable bonds is 0. The van der Waals surface area contributed by atoms with Crippen LogP contribution in [0.5, 0.6) is 0 Å². The topological polar surface area (TPSA) is 0 Å². The van der Waals surface area contributed by atoms with Gasteiger partial charge in [0.05, 0.1) is 0 Å². The fourth-order valence-electron chi connectivity index (χ4n) is 7.27. The molecular formula is C27H16.